The number of aliphatic carboxylic acids is 1. The first-order valence-electron chi connectivity index (χ1n) is 6.69. The van der Waals surface area contributed by atoms with E-state index in [1.54, 1.807) is 0 Å². The quantitative estimate of drug-likeness (QED) is 0.925. The van der Waals surface area contributed by atoms with Crippen LogP contribution in [0.1, 0.15) is 30.9 Å². The first-order chi connectivity index (χ1) is 8.97. The zero-order chi connectivity index (χ0) is 14.0. The van der Waals surface area contributed by atoms with E-state index in [1.807, 2.05) is 6.07 Å². The molecule has 0 aromatic heterocycles. The number of carboxylic acids is 1. The second-order valence-electron chi connectivity index (χ2n) is 5.46. The van der Waals surface area contributed by atoms with Gasteiger partial charge in [0, 0.05) is 23.6 Å². The second kappa shape index (κ2) is 6.06. The Morgan fingerprint density at radius 1 is 1.47 bits per heavy atom. The predicted molar refractivity (Wildman–Crippen MR) is 79.1 cm³/mol. The van der Waals surface area contributed by atoms with Crippen LogP contribution in [0.25, 0.3) is 0 Å². The number of likely N-dealkylation sites (tertiary alicyclic amines) is 1. The lowest BCUT2D eigenvalue weighted by molar-refractivity contribution is -0.144. The van der Waals surface area contributed by atoms with Crippen molar-refractivity contribution < 1.29 is 9.90 Å². The minimum absolute atomic E-state index is 0.216. The number of halogens is 1. The number of carbonyl (C=O) groups is 1. The van der Waals surface area contributed by atoms with Crippen LogP contribution >= 0.6 is 15.9 Å². The Labute approximate surface area is 122 Å². The summed E-state index contributed by atoms with van der Waals surface area (Å²) in [4.78, 5) is 13.4. The minimum Gasteiger partial charge on any atom is -0.481 e. The summed E-state index contributed by atoms with van der Waals surface area (Å²) in [5, 5.41) is 9.17. The Morgan fingerprint density at radius 2 is 2.21 bits per heavy atom. The van der Waals surface area contributed by atoms with Crippen LogP contribution in [0.5, 0.6) is 0 Å². The van der Waals surface area contributed by atoms with Crippen LogP contribution in [0.2, 0.25) is 0 Å². The first kappa shape index (κ1) is 14.5. The number of benzene rings is 1. The summed E-state index contributed by atoms with van der Waals surface area (Å²) in [6.07, 6.45) is 1.76. The van der Waals surface area contributed by atoms with E-state index in [4.69, 9.17) is 5.11 Å². The van der Waals surface area contributed by atoms with Gasteiger partial charge in [-0.2, -0.15) is 0 Å². The van der Waals surface area contributed by atoms with E-state index in [2.05, 4.69) is 46.8 Å². The number of aryl methyl sites for hydroxylation is 1. The number of hydrogen-bond acceptors (Lipinski definition) is 2. The molecular formula is C15H20BrNO2. The van der Waals surface area contributed by atoms with Gasteiger partial charge in [0.1, 0.15) is 0 Å². The normalized spacial score (nSPS) is 24.4. The highest BCUT2D eigenvalue weighted by molar-refractivity contribution is 9.10. The van der Waals surface area contributed by atoms with Gasteiger partial charge in [-0.1, -0.05) is 22.0 Å². The Hall–Kier alpha value is -0.870. The van der Waals surface area contributed by atoms with E-state index in [1.165, 1.54) is 11.1 Å². The van der Waals surface area contributed by atoms with E-state index in [-0.39, 0.29) is 5.92 Å². The summed E-state index contributed by atoms with van der Waals surface area (Å²) >= 11 is 3.47. The highest BCUT2D eigenvalue weighted by atomic mass is 79.9. The number of nitrogens with zero attached hydrogens (tertiary/aromatic N) is 1. The summed E-state index contributed by atoms with van der Waals surface area (Å²) in [7, 11) is 0. The van der Waals surface area contributed by atoms with Gasteiger partial charge < -0.3 is 5.11 Å². The van der Waals surface area contributed by atoms with Gasteiger partial charge in [0.15, 0.2) is 0 Å². The van der Waals surface area contributed by atoms with Crippen LogP contribution in [0.15, 0.2) is 22.7 Å². The molecule has 2 unspecified atom stereocenters. The number of carboxylic acid groups (broad SMARTS) is 1. The highest BCUT2D eigenvalue weighted by Crippen LogP contribution is 2.25. The van der Waals surface area contributed by atoms with Gasteiger partial charge in [-0.05, 0) is 49.9 Å². The van der Waals surface area contributed by atoms with Crippen molar-refractivity contribution in [2.24, 2.45) is 5.92 Å². The Bertz CT molecular complexity index is 475. The maximum absolute atomic E-state index is 11.1. The summed E-state index contributed by atoms with van der Waals surface area (Å²) in [5.41, 5.74) is 2.53. The molecule has 0 bridgehead atoms. The van der Waals surface area contributed by atoms with E-state index < -0.39 is 5.97 Å². The van der Waals surface area contributed by atoms with Crippen molar-refractivity contribution in [2.75, 3.05) is 6.54 Å². The fourth-order valence-corrected chi connectivity index (χ4v) is 3.13. The van der Waals surface area contributed by atoms with Gasteiger partial charge in [0.2, 0.25) is 0 Å². The van der Waals surface area contributed by atoms with Crippen molar-refractivity contribution >= 4 is 21.9 Å². The lowest BCUT2D eigenvalue weighted by atomic mass is 9.93. The lowest BCUT2D eigenvalue weighted by Gasteiger charge is -2.36. The van der Waals surface area contributed by atoms with Crippen molar-refractivity contribution in [1.29, 1.82) is 0 Å². The number of piperidine rings is 1. The van der Waals surface area contributed by atoms with Gasteiger partial charge in [-0.3, -0.25) is 9.69 Å². The highest BCUT2D eigenvalue weighted by Gasteiger charge is 2.29. The van der Waals surface area contributed by atoms with E-state index >= 15 is 0 Å². The molecule has 1 aromatic rings. The first-order valence-corrected chi connectivity index (χ1v) is 7.48. The average Bonchev–Trinajstić information content (AvgIpc) is 2.34. The minimum atomic E-state index is -0.663. The number of hydrogen-bond donors (Lipinski definition) is 1. The maximum atomic E-state index is 11.1. The van der Waals surface area contributed by atoms with Crippen LogP contribution in [-0.4, -0.2) is 28.6 Å². The van der Waals surface area contributed by atoms with Crippen molar-refractivity contribution in [1.82, 2.24) is 4.90 Å². The monoisotopic (exact) mass is 325 g/mol. The molecule has 1 aliphatic heterocycles. The molecule has 1 aliphatic rings. The molecule has 1 saturated heterocycles. The molecule has 19 heavy (non-hydrogen) atoms. The fraction of sp³-hybridized carbons (Fsp3) is 0.533. The summed E-state index contributed by atoms with van der Waals surface area (Å²) in [6, 6.07) is 6.74. The smallest absolute Gasteiger partial charge is 0.307 e. The Balaban J connectivity index is 2.09. The third-order valence-corrected chi connectivity index (χ3v) is 4.53. The van der Waals surface area contributed by atoms with Crippen LogP contribution < -0.4 is 0 Å². The molecule has 3 nitrogen and oxygen atoms in total. The molecule has 0 saturated carbocycles. The Kier molecular flexibility index (Phi) is 4.63. The van der Waals surface area contributed by atoms with Gasteiger partial charge >= 0.3 is 5.97 Å². The fourth-order valence-electron chi connectivity index (χ4n) is 2.66. The summed E-state index contributed by atoms with van der Waals surface area (Å²) < 4.78 is 1.09. The summed E-state index contributed by atoms with van der Waals surface area (Å²) in [5.74, 6) is -0.878. The van der Waals surface area contributed by atoms with Crippen molar-refractivity contribution in [2.45, 2.75) is 39.3 Å². The molecule has 1 fully saturated rings. The summed E-state index contributed by atoms with van der Waals surface area (Å²) in [6.45, 7) is 5.78. The predicted octanol–water partition coefficient (Wildman–Crippen LogP) is 3.44. The zero-order valence-corrected chi connectivity index (χ0v) is 13.0. The molecule has 1 N–H and O–H groups in total. The molecule has 0 spiro atoms. The molecule has 4 heteroatoms. The van der Waals surface area contributed by atoms with Crippen molar-refractivity contribution in [3.8, 4) is 0 Å². The largest absolute Gasteiger partial charge is 0.481 e. The lowest BCUT2D eigenvalue weighted by Crippen LogP contribution is -2.43. The molecule has 0 amide bonds. The van der Waals surface area contributed by atoms with Crippen LogP contribution in [0, 0.1) is 12.8 Å². The molecule has 0 radical (unpaired) electrons. The van der Waals surface area contributed by atoms with E-state index in [9.17, 15) is 4.79 Å². The second-order valence-corrected chi connectivity index (χ2v) is 6.38. The van der Waals surface area contributed by atoms with Gasteiger partial charge in [-0.15, -0.1) is 0 Å². The standard InChI is InChI=1S/C15H20BrNO2/c1-10-7-14(16)6-5-12(10)8-17-9-13(15(18)19)4-3-11(17)2/h5-7,11,13H,3-4,8-9H2,1-2H3,(H,18,19). The third-order valence-electron chi connectivity index (χ3n) is 4.04. The topological polar surface area (TPSA) is 40.5 Å². The molecule has 1 aromatic carbocycles. The van der Waals surface area contributed by atoms with Gasteiger partial charge in [0.05, 0.1) is 5.92 Å². The van der Waals surface area contributed by atoms with Crippen molar-refractivity contribution in [3.63, 3.8) is 0 Å². The third kappa shape index (κ3) is 3.57. The van der Waals surface area contributed by atoms with Crippen LogP contribution in [0.4, 0.5) is 0 Å². The molecule has 2 rings (SSSR count). The molecule has 2 atom stereocenters. The van der Waals surface area contributed by atoms with E-state index in [0.29, 0.717) is 12.6 Å². The van der Waals surface area contributed by atoms with Crippen LogP contribution in [-0.2, 0) is 11.3 Å². The molecule has 1 heterocycles. The zero-order valence-electron chi connectivity index (χ0n) is 11.4. The molecule has 104 valence electrons. The number of rotatable bonds is 3. The average molecular weight is 326 g/mol. The Morgan fingerprint density at radius 3 is 2.84 bits per heavy atom. The van der Waals surface area contributed by atoms with E-state index in [0.717, 1.165) is 23.9 Å². The molecule has 0 aliphatic carbocycles. The van der Waals surface area contributed by atoms with Crippen LogP contribution in [0.3, 0.4) is 0 Å². The molecular weight excluding hydrogens is 306 g/mol. The maximum Gasteiger partial charge on any atom is 0.307 e. The SMILES string of the molecule is Cc1cc(Br)ccc1CN1CC(C(=O)O)CCC1C. The van der Waals surface area contributed by atoms with Gasteiger partial charge in [-0.25, -0.2) is 0 Å². The van der Waals surface area contributed by atoms with Crippen molar-refractivity contribution in [3.05, 3.63) is 33.8 Å². The van der Waals surface area contributed by atoms with Gasteiger partial charge in [0.25, 0.3) is 0 Å².